The summed E-state index contributed by atoms with van der Waals surface area (Å²) in [5.74, 6) is 1.57. The van der Waals surface area contributed by atoms with E-state index in [0.29, 0.717) is 6.54 Å². The molecule has 2 N–H and O–H groups in total. The minimum atomic E-state index is 0.281. The molecule has 1 aliphatic heterocycles. The zero-order valence-electron chi connectivity index (χ0n) is 12.3. The molecule has 0 unspecified atom stereocenters. The van der Waals surface area contributed by atoms with E-state index in [1.807, 2.05) is 24.4 Å². The van der Waals surface area contributed by atoms with Gasteiger partial charge in [-0.3, -0.25) is 4.98 Å². The standard InChI is InChI=1S/C18H16N2O2/c1-11-3-2-4-13-14(9-20-15(8-19)18(11)13)12-5-6-16-17(7-12)22-10-21-16/h2-7,9H,8,10,19H2,1H3. The Morgan fingerprint density at radius 1 is 1.14 bits per heavy atom. The number of nitrogens with zero attached hydrogens (tertiary/aromatic N) is 1. The number of nitrogens with two attached hydrogens (primary N) is 1. The monoisotopic (exact) mass is 292 g/mol. The zero-order valence-corrected chi connectivity index (χ0v) is 12.3. The number of hydrogen-bond donors (Lipinski definition) is 1. The van der Waals surface area contributed by atoms with Crippen LogP contribution in [0.1, 0.15) is 11.3 Å². The highest BCUT2D eigenvalue weighted by Crippen LogP contribution is 2.38. The summed E-state index contributed by atoms with van der Waals surface area (Å²) >= 11 is 0. The molecule has 1 aromatic heterocycles. The fraction of sp³-hybridized carbons (Fsp3) is 0.167. The van der Waals surface area contributed by atoms with Crippen LogP contribution in [0, 0.1) is 6.92 Å². The summed E-state index contributed by atoms with van der Waals surface area (Å²) in [7, 11) is 0. The lowest BCUT2D eigenvalue weighted by molar-refractivity contribution is 0.174. The second-order valence-corrected chi connectivity index (χ2v) is 5.39. The Labute approximate surface area is 128 Å². The van der Waals surface area contributed by atoms with Crippen LogP contribution < -0.4 is 15.2 Å². The molecule has 4 nitrogen and oxygen atoms in total. The molecule has 2 heterocycles. The number of rotatable bonds is 2. The van der Waals surface area contributed by atoms with Gasteiger partial charge in [-0.2, -0.15) is 0 Å². The number of pyridine rings is 1. The average Bonchev–Trinajstić information content (AvgIpc) is 3.01. The van der Waals surface area contributed by atoms with Crippen molar-refractivity contribution >= 4 is 10.8 Å². The molecule has 0 atom stereocenters. The Kier molecular flexibility index (Phi) is 2.98. The van der Waals surface area contributed by atoms with E-state index in [-0.39, 0.29) is 6.79 Å². The predicted octanol–water partition coefficient (Wildman–Crippen LogP) is 3.40. The summed E-state index contributed by atoms with van der Waals surface area (Å²) in [5, 5.41) is 2.30. The van der Waals surface area contributed by atoms with Crippen LogP contribution in [0.15, 0.2) is 42.6 Å². The van der Waals surface area contributed by atoms with Gasteiger partial charge in [0.25, 0.3) is 0 Å². The first-order valence-electron chi connectivity index (χ1n) is 7.25. The van der Waals surface area contributed by atoms with E-state index < -0.39 is 0 Å². The molecule has 4 heteroatoms. The molecule has 4 rings (SSSR count). The molecule has 3 aromatic rings. The van der Waals surface area contributed by atoms with Crippen LogP contribution in [0.4, 0.5) is 0 Å². The summed E-state index contributed by atoms with van der Waals surface area (Å²) in [4.78, 5) is 4.56. The quantitative estimate of drug-likeness (QED) is 0.786. The zero-order chi connectivity index (χ0) is 15.1. The molecule has 0 saturated heterocycles. The molecule has 0 saturated carbocycles. The molecule has 0 aliphatic carbocycles. The Morgan fingerprint density at radius 2 is 2.00 bits per heavy atom. The summed E-state index contributed by atoms with van der Waals surface area (Å²) in [6.45, 7) is 2.80. The van der Waals surface area contributed by atoms with Crippen molar-refractivity contribution < 1.29 is 9.47 Å². The lowest BCUT2D eigenvalue weighted by atomic mass is 9.96. The summed E-state index contributed by atoms with van der Waals surface area (Å²) in [5.41, 5.74) is 10.1. The Hall–Kier alpha value is -2.59. The van der Waals surface area contributed by atoms with Crippen LogP contribution in [0.3, 0.4) is 0 Å². The number of ether oxygens (including phenoxy) is 2. The van der Waals surface area contributed by atoms with E-state index in [1.54, 1.807) is 0 Å². The molecule has 0 radical (unpaired) electrons. The van der Waals surface area contributed by atoms with E-state index in [2.05, 4.69) is 30.1 Å². The second-order valence-electron chi connectivity index (χ2n) is 5.39. The average molecular weight is 292 g/mol. The van der Waals surface area contributed by atoms with Gasteiger partial charge >= 0.3 is 0 Å². The van der Waals surface area contributed by atoms with Gasteiger partial charge < -0.3 is 15.2 Å². The van der Waals surface area contributed by atoms with Crippen LogP contribution in [-0.2, 0) is 6.54 Å². The van der Waals surface area contributed by atoms with Crippen molar-refractivity contribution in [2.75, 3.05) is 6.79 Å². The van der Waals surface area contributed by atoms with Crippen molar-refractivity contribution in [2.24, 2.45) is 5.73 Å². The third-order valence-corrected chi connectivity index (χ3v) is 4.08. The number of fused-ring (bicyclic) bond motifs is 2. The van der Waals surface area contributed by atoms with Gasteiger partial charge in [0.1, 0.15) is 0 Å². The maximum atomic E-state index is 5.85. The molecule has 0 bridgehead atoms. The highest BCUT2D eigenvalue weighted by Gasteiger charge is 2.16. The Morgan fingerprint density at radius 3 is 2.86 bits per heavy atom. The maximum Gasteiger partial charge on any atom is 0.231 e. The van der Waals surface area contributed by atoms with Crippen molar-refractivity contribution in [1.29, 1.82) is 0 Å². The normalized spacial score (nSPS) is 12.8. The van der Waals surface area contributed by atoms with E-state index in [1.165, 1.54) is 5.56 Å². The lowest BCUT2D eigenvalue weighted by Gasteiger charge is -2.12. The first-order valence-corrected chi connectivity index (χ1v) is 7.25. The van der Waals surface area contributed by atoms with Crippen LogP contribution in [-0.4, -0.2) is 11.8 Å². The summed E-state index contributed by atoms with van der Waals surface area (Å²) in [6.07, 6.45) is 1.89. The lowest BCUT2D eigenvalue weighted by Crippen LogP contribution is -2.02. The van der Waals surface area contributed by atoms with Crippen molar-refractivity contribution in [2.45, 2.75) is 13.5 Å². The molecule has 0 amide bonds. The largest absolute Gasteiger partial charge is 0.454 e. The molecule has 110 valence electrons. The van der Waals surface area contributed by atoms with Crippen molar-refractivity contribution in [3.8, 4) is 22.6 Å². The summed E-state index contributed by atoms with van der Waals surface area (Å²) < 4.78 is 10.9. The summed E-state index contributed by atoms with van der Waals surface area (Å²) in [6, 6.07) is 12.2. The van der Waals surface area contributed by atoms with Crippen molar-refractivity contribution in [3.05, 3.63) is 53.9 Å². The molecule has 22 heavy (non-hydrogen) atoms. The van der Waals surface area contributed by atoms with E-state index in [9.17, 15) is 0 Å². The van der Waals surface area contributed by atoms with Crippen molar-refractivity contribution in [3.63, 3.8) is 0 Å². The highest BCUT2D eigenvalue weighted by atomic mass is 16.7. The van der Waals surface area contributed by atoms with Gasteiger partial charge in [-0.05, 0) is 35.6 Å². The number of benzene rings is 2. The van der Waals surface area contributed by atoms with Gasteiger partial charge in [0.15, 0.2) is 11.5 Å². The van der Waals surface area contributed by atoms with E-state index in [4.69, 9.17) is 15.2 Å². The van der Waals surface area contributed by atoms with Crippen LogP contribution in [0.2, 0.25) is 0 Å². The van der Waals surface area contributed by atoms with Crippen molar-refractivity contribution in [1.82, 2.24) is 4.98 Å². The number of aryl methyl sites for hydroxylation is 1. The molecule has 2 aromatic carbocycles. The van der Waals surface area contributed by atoms with Gasteiger partial charge in [-0.1, -0.05) is 24.3 Å². The topological polar surface area (TPSA) is 57.4 Å². The van der Waals surface area contributed by atoms with Gasteiger partial charge in [-0.25, -0.2) is 0 Å². The maximum absolute atomic E-state index is 5.85. The predicted molar refractivity (Wildman–Crippen MR) is 85.9 cm³/mol. The highest BCUT2D eigenvalue weighted by molar-refractivity contribution is 5.99. The fourth-order valence-corrected chi connectivity index (χ4v) is 3.00. The third-order valence-electron chi connectivity index (χ3n) is 4.08. The minimum absolute atomic E-state index is 0.281. The third kappa shape index (κ3) is 1.92. The van der Waals surface area contributed by atoms with Gasteiger partial charge in [-0.15, -0.1) is 0 Å². The number of aromatic nitrogens is 1. The molecular weight excluding hydrogens is 276 g/mol. The smallest absolute Gasteiger partial charge is 0.231 e. The van der Waals surface area contributed by atoms with Crippen LogP contribution in [0.25, 0.3) is 21.9 Å². The second kappa shape index (κ2) is 5.00. The molecular formula is C18H16N2O2. The van der Waals surface area contributed by atoms with Gasteiger partial charge in [0.05, 0.1) is 5.69 Å². The SMILES string of the molecule is Cc1cccc2c(-c3ccc4c(c3)OCO4)cnc(CN)c12. The van der Waals surface area contributed by atoms with Gasteiger partial charge in [0, 0.05) is 23.7 Å². The van der Waals surface area contributed by atoms with E-state index >= 15 is 0 Å². The minimum Gasteiger partial charge on any atom is -0.454 e. The first kappa shape index (κ1) is 13.1. The first-order chi connectivity index (χ1) is 10.8. The molecule has 1 aliphatic rings. The van der Waals surface area contributed by atoms with E-state index in [0.717, 1.165) is 39.1 Å². The Bertz CT molecular complexity index is 874. The Balaban J connectivity index is 1.98. The molecule has 0 fully saturated rings. The molecule has 0 spiro atoms. The van der Waals surface area contributed by atoms with Gasteiger partial charge in [0.2, 0.25) is 6.79 Å². The van der Waals surface area contributed by atoms with Crippen LogP contribution >= 0.6 is 0 Å². The fourth-order valence-electron chi connectivity index (χ4n) is 3.00. The van der Waals surface area contributed by atoms with Crippen LogP contribution in [0.5, 0.6) is 11.5 Å². The number of hydrogen-bond acceptors (Lipinski definition) is 4.